The number of amides is 2. The molecule has 2 N–H and O–H groups in total. The lowest BCUT2D eigenvalue weighted by atomic mass is 9.82. The van der Waals surface area contributed by atoms with Gasteiger partial charge in [0.05, 0.1) is 17.4 Å². The van der Waals surface area contributed by atoms with Crippen LogP contribution in [-0.4, -0.2) is 40.9 Å². The molecule has 7 heteroatoms. The van der Waals surface area contributed by atoms with E-state index in [0.717, 1.165) is 70.0 Å². The van der Waals surface area contributed by atoms with Gasteiger partial charge < -0.3 is 15.3 Å². The Bertz CT molecular complexity index is 915. The number of piperidine rings is 1. The Morgan fingerprint density at radius 2 is 1.67 bits per heavy atom. The van der Waals surface area contributed by atoms with Gasteiger partial charge in [0.1, 0.15) is 5.00 Å². The van der Waals surface area contributed by atoms with Crippen LogP contribution in [0.3, 0.4) is 0 Å². The Balaban J connectivity index is 1.45. The van der Waals surface area contributed by atoms with E-state index in [1.807, 2.05) is 17.1 Å². The van der Waals surface area contributed by atoms with Crippen molar-refractivity contribution >= 4 is 34.1 Å². The minimum Gasteiger partial charge on any atom is -0.481 e. The van der Waals surface area contributed by atoms with Crippen molar-refractivity contribution in [3.8, 4) is 0 Å². The number of rotatable bonds is 4. The highest BCUT2D eigenvalue weighted by Crippen LogP contribution is 2.49. The van der Waals surface area contributed by atoms with Gasteiger partial charge in [-0.2, -0.15) is 0 Å². The van der Waals surface area contributed by atoms with E-state index in [-0.39, 0.29) is 23.7 Å². The molecular formula is C23H28N2O4S. The highest BCUT2D eigenvalue weighted by molar-refractivity contribution is 7.17. The average molecular weight is 429 g/mol. The largest absolute Gasteiger partial charge is 0.481 e. The highest BCUT2D eigenvalue weighted by Gasteiger charge is 2.51. The van der Waals surface area contributed by atoms with E-state index in [1.165, 1.54) is 16.2 Å². The molecule has 1 saturated carbocycles. The van der Waals surface area contributed by atoms with Crippen molar-refractivity contribution in [3.05, 3.63) is 28.2 Å². The van der Waals surface area contributed by atoms with Gasteiger partial charge in [0.15, 0.2) is 0 Å². The van der Waals surface area contributed by atoms with Crippen LogP contribution in [0, 0.1) is 23.7 Å². The number of carbonyl (C=O) groups is 3. The molecule has 0 spiro atoms. The summed E-state index contributed by atoms with van der Waals surface area (Å²) in [6.07, 6.45) is 11.9. The first kappa shape index (κ1) is 19.8. The van der Waals surface area contributed by atoms with Crippen LogP contribution in [0.25, 0.3) is 0 Å². The third-order valence-corrected chi connectivity index (χ3v) is 8.52. The molecule has 1 aromatic heterocycles. The van der Waals surface area contributed by atoms with Gasteiger partial charge in [-0.25, -0.2) is 0 Å². The summed E-state index contributed by atoms with van der Waals surface area (Å²) in [5, 5.41) is 13.4. The zero-order valence-electron chi connectivity index (χ0n) is 17.1. The summed E-state index contributed by atoms with van der Waals surface area (Å²) in [5.74, 6) is -2.42. The fourth-order valence-corrected chi connectivity index (χ4v) is 7.13. The van der Waals surface area contributed by atoms with Gasteiger partial charge in [0.2, 0.25) is 5.91 Å². The van der Waals surface area contributed by atoms with Crippen LogP contribution >= 0.6 is 11.3 Å². The third-order valence-electron chi connectivity index (χ3n) is 7.31. The van der Waals surface area contributed by atoms with Gasteiger partial charge in [-0.3, -0.25) is 14.4 Å². The molecule has 0 radical (unpaired) electrons. The molecular weight excluding hydrogens is 400 g/mol. The first-order valence-electron chi connectivity index (χ1n) is 11.2. The number of hydrogen-bond donors (Lipinski definition) is 2. The van der Waals surface area contributed by atoms with E-state index in [0.29, 0.717) is 10.6 Å². The summed E-state index contributed by atoms with van der Waals surface area (Å²) in [5.41, 5.74) is 1.79. The number of aliphatic carboxylic acids is 1. The summed E-state index contributed by atoms with van der Waals surface area (Å²) in [4.78, 5) is 41.7. The van der Waals surface area contributed by atoms with Crippen molar-refractivity contribution in [2.24, 2.45) is 23.7 Å². The number of anilines is 1. The zero-order valence-corrected chi connectivity index (χ0v) is 17.9. The number of nitrogens with zero attached hydrogens (tertiary/aromatic N) is 1. The number of likely N-dealkylation sites (tertiary alicyclic amines) is 1. The molecule has 1 aliphatic heterocycles. The molecule has 4 atom stereocenters. The number of allylic oxidation sites excluding steroid dienone is 2. The minimum absolute atomic E-state index is 0.0214. The Kier molecular flexibility index (Phi) is 5.17. The molecule has 1 aromatic rings. The average Bonchev–Trinajstić information content (AvgIpc) is 3.46. The van der Waals surface area contributed by atoms with Crippen molar-refractivity contribution in [2.75, 3.05) is 18.4 Å². The van der Waals surface area contributed by atoms with Crippen molar-refractivity contribution in [1.29, 1.82) is 0 Å². The lowest BCUT2D eigenvalue weighted by molar-refractivity contribution is -0.146. The lowest BCUT2D eigenvalue weighted by Crippen LogP contribution is -2.38. The summed E-state index contributed by atoms with van der Waals surface area (Å²) in [6.45, 7) is 1.55. The van der Waals surface area contributed by atoms with E-state index in [9.17, 15) is 19.5 Å². The maximum Gasteiger partial charge on any atom is 0.307 e. The number of fused-ring (bicyclic) bond motifs is 3. The quantitative estimate of drug-likeness (QED) is 0.716. The fraction of sp³-hybridized carbons (Fsp3) is 0.609. The van der Waals surface area contributed by atoms with Gasteiger partial charge in [-0.05, 0) is 68.8 Å². The SMILES string of the molecule is O=C(O)[C@@H]1[C@H](C(=O)Nc2sc3c(c2C(=O)N2CCCCC2)CCCC3)[C@H]2C=C[C@H]1C2. The monoisotopic (exact) mass is 428 g/mol. The van der Waals surface area contributed by atoms with Crippen molar-refractivity contribution < 1.29 is 19.5 Å². The van der Waals surface area contributed by atoms with Gasteiger partial charge in [-0.1, -0.05) is 12.2 Å². The predicted octanol–water partition coefficient (Wildman–Crippen LogP) is 3.71. The summed E-state index contributed by atoms with van der Waals surface area (Å²) >= 11 is 1.53. The second-order valence-corrected chi connectivity index (χ2v) is 10.2. The van der Waals surface area contributed by atoms with E-state index in [1.54, 1.807) is 0 Å². The van der Waals surface area contributed by atoms with Crippen LogP contribution in [0.2, 0.25) is 0 Å². The molecule has 2 fully saturated rings. The smallest absolute Gasteiger partial charge is 0.307 e. The molecule has 5 rings (SSSR count). The maximum atomic E-state index is 13.4. The van der Waals surface area contributed by atoms with E-state index >= 15 is 0 Å². The molecule has 1 saturated heterocycles. The fourth-order valence-electron chi connectivity index (χ4n) is 5.85. The van der Waals surface area contributed by atoms with Crippen LogP contribution in [0.4, 0.5) is 5.00 Å². The van der Waals surface area contributed by atoms with Crippen molar-refractivity contribution in [1.82, 2.24) is 4.90 Å². The second kappa shape index (κ2) is 7.84. The summed E-state index contributed by atoms with van der Waals surface area (Å²) < 4.78 is 0. The highest BCUT2D eigenvalue weighted by atomic mass is 32.1. The zero-order chi connectivity index (χ0) is 20.8. The van der Waals surface area contributed by atoms with Crippen LogP contribution in [0.5, 0.6) is 0 Å². The van der Waals surface area contributed by atoms with Gasteiger partial charge in [0, 0.05) is 18.0 Å². The number of aryl methyl sites for hydroxylation is 1. The summed E-state index contributed by atoms with van der Waals surface area (Å²) in [7, 11) is 0. The number of nitrogens with one attached hydrogen (secondary N) is 1. The third kappa shape index (κ3) is 3.27. The van der Waals surface area contributed by atoms with Crippen molar-refractivity contribution in [3.63, 3.8) is 0 Å². The van der Waals surface area contributed by atoms with Crippen LogP contribution in [0.15, 0.2) is 12.2 Å². The normalized spacial score (nSPS) is 29.7. The minimum atomic E-state index is -0.901. The first-order chi connectivity index (χ1) is 14.5. The Hall–Kier alpha value is -2.15. The Morgan fingerprint density at radius 1 is 0.967 bits per heavy atom. The number of carboxylic acid groups (broad SMARTS) is 1. The Morgan fingerprint density at radius 3 is 2.40 bits per heavy atom. The number of carbonyl (C=O) groups excluding carboxylic acids is 2. The van der Waals surface area contributed by atoms with Gasteiger partial charge in [0.25, 0.3) is 5.91 Å². The molecule has 30 heavy (non-hydrogen) atoms. The molecule has 160 valence electrons. The molecule has 3 aliphatic carbocycles. The number of thiophene rings is 1. The molecule has 2 amide bonds. The van der Waals surface area contributed by atoms with Gasteiger partial charge in [-0.15, -0.1) is 11.3 Å². The molecule has 0 unspecified atom stereocenters. The Labute approximate surface area is 180 Å². The molecule has 4 aliphatic rings. The summed E-state index contributed by atoms with van der Waals surface area (Å²) in [6, 6.07) is 0. The van der Waals surface area contributed by atoms with Crippen LogP contribution in [-0.2, 0) is 22.4 Å². The van der Waals surface area contributed by atoms with Gasteiger partial charge >= 0.3 is 5.97 Å². The maximum absolute atomic E-state index is 13.4. The molecule has 2 bridgehead atoms. The number of carboxylic acids is 1. The van der Waals surface area contributed by atoms with Crippen LogP contribution < -0.4 is 5.32 Å². The molecule has 6 nitrogen and oxygen atoms in total. The lowest BCUT2D eigenvalue weighted by Gasteiger charge is -2.28. The standard InChI is InChI=1S/C23H28N2O4S/c26-20(17-13-8-9-14(12-13)18(17)23(28)29)24-21-19(15-6-2-3-7-16(15)30-21)22(27)25-10-4-1-5-11-25/h8-9,13-14,17-18H,1-7,10-12H2,(H,24,26)(H,28,29)/t13-,14-,17+,18-/m0/s1. The second-order valence-electron chi connectivity index (χ2n) is 9.10. The number of hydrogen-bond acceptors (Lipinski definition) is 4. The predicted molar refractivity (Wildman–Crippen MR) is 115 cm³/mol. The molecule has 2 heterocycles. The van der Waals surface area contributed by atoms with Crippen molar-refractivity contribution in [2.45, 2.75) is 51.4 Å². The van der Waals surface area contributed by atoms with Crippen LogP contribution in [0.1, 0.15) is 59.3 Å². The van der Waals surface area contributed by atoms with E-state index in [4.69, 9.17) is 0 Å². The first-order valence-corrected chi connectivity index (χ1v) is 12.0. The molecule has 0 aromatic carbocycles. The van der Waals surface area contributed by atoms with E-state index < -0.39 is 17.8 Å². The van der Waals surface area contributed by atoms with E-state index in [2.05, 4.69) is 5.32 Å². The topological polar surface area (TPSA) is 86.7 Å².